The fourth-order valence-electron chi connectivity index (χ4n) is 2.15. The normalized spacial score (nSPS) is 11.3. The van der Waals surface area contributed by atoms with Crippen molar-refractivity contribution in [2.24, 2.45) is 7.05 Å². The van der Waals surface area contributed by atoms with Crippen LogP contribution in [0.25, 0.3) is 16.7 Å². The number of hydrogen-bond acceptors (Lipinski definition) is 2. The molecule has 2 aromatic heterocycles. The van der Waals surface area contributed by atoms with Crippen LogP contribution in [0.4, 0.5) is 0 Å². The van der Waals surface area contributed by atoms with Gasteiger partial charge in [-0.3, -0.25) is 9.25 Å². The average molecular weight is 279 g/mol. The van der Waals surface area contributed by atoms with Gasteiger partial charge in [-0.05, 0) is 31.3 Å². The molecule has 0 saturated heterocycles. The van der Waals surface area contributed by atoms with Crippen molar-refractivity contribution in [1.29, 1.82) is 0 Å². The molecule has 3 aromatic rings. The number of imidazole rings is 1. The summed E-state index contributed by atoms with van der Waals surface area (Å²) in [6, 6.07) is 5.71. The van der Waals surface area contributed by atoms with Crippen molar-refractivity contribution in [3.05, 3.63) is 39.9 Å². The number of benzene rings is 1. The van der Waals surface area contributed by atoms with Gasteiger partial charge < -0.3 is 4.98 Å². The Morgan fingerprint density at radius 1 is 1.39 bits per heavy atom. The lowest BCUT2D eigenvalue weighted by molar-refractivity contribution is 0.756. The third-order valence-electron chi connectivity index (χ3n) is 2.88. The van der Waals surface area contributed by atoms with Gasteiger partial charge in [0.15, 0.2) is 4.77 Å². The Hall–Kier alpha value is -1.59. The van der Waals surface area contributed by atoms with E-state index < -0.39 is 0 Å². The zero-order valence-electron chi connectivity index (χ0n) is 9.94. The van der Waals surface area contributed by atoms with E-state index in [9.17, 15) is 0 Å². The smallest absolute Gasteiger partial charge is 0.182 e. The van der Waals surface area contributed by atoms with Crippen molar-refractivity contribution in [2.75, 3.05) is 0 Å². The van der Waals surface area contributed by atoms with Gasteiger partial charge in [0, 0.05) is 13.2 Å². The maximum Gasteiger partial charge on any atom is 0.182 e. The Balaban J connectivity index is 2.46. The van der Waals surface area contributed by atoms with E-state index in [4.69, 9.17) is 23.8 Å². The topological polar surface area (TPSA) is 38.5 Å². The summed E-state index contributed by atoms with van der Waals surface area (Å²) in [6.45, 7) is 1.95. The molecular weight excluding hydrogens is 268 g/mol. The first-order valence-electron chi connectivity index (χ1n) is 5.48. The van der Waals surface area contributed by atoms with Crippen molar-refractivity contribution in [1.82, 2.24) is 19.3 Å². The van der Waals surface area contributed by atoms with Crippen LogP contribution in [0, 0.1) is 11.7 Å². The van der Waals surface area contributed by atoms with Crippen molar-refractivity contribution >= 4 is 34.9 Å². The van der Waals surface area contributed by atoms with Gasteiger partial charge in [0.05, 0.1) is 27.4 Å². The number of fused-ring (bicyclic) bond motifs is 1. The van der Waals surface area contributed by atoms with E-state index in [1.54, 1.807) is 4.68 Å². The minimum absolute atomic E-state index is 0.620. The number of para-hydroxylation sites is 1. The Labute approximate surface area is 114 Å². The molecule has 0 aliphatic carbocycles. The van der Waals surface area contributed by atoms with Crippen LogP contribution in [-0.2, 0) is 7.05 Å². The van der Waals surface area contributed by atoms with Crippen LogP contribution in [-0.4, -0.2) is 19.3 Å². The van der Waals surface area contributed by atoms with Crippen LogP contribution in [0.5, 0.6) is 0 Å². The lowest BCUT2D eigenvalue weighted by Crippen LogP contribution is -1.95. The number of H-pyrrole nitrogens is 1. The number of rotatable bonds is 1. The zero-order chi connectivity index (χ0) is 12.9. The SMILES string of the molecule is Cc1nn(C)cc1-n1c(=S)[nH]c2cccc(Cl)c21. The van der Waals surface area contributed by atoms with Crippen LogP contribution in [0.1, 0.15) is 5.69 Å². The van der Waals surface area contributed by atoms with Crippen molar-refractivity contribution < 1.29 is 0 Å². The number of hydrogen-bond donors (Lipinski definition) is 1. The molecule has 0 spiro atoms. The Kier molecular flexibility index (Phi) is 2.53. The number of aromatic amines is 1. The summed E-state index contributed by atoms with van der Waals surface area (Å²) in [5, 5.41) is 5.01. The molecule has 2 heterocycles. The largest absolute Gasteiger partial charge is 0.330 e. The van der Waals surface area contributed by atoms with E-state index in [1.165, 1.54) is 0 Å². The minimum Gasteiger partial charge on any atom is -0.330 e. The molecule has 18 heavy (non-hydrogen) atoms. The number of nitrogens with zero attached hydrogens (tertiary/aromatic N) is 3. The monoisotopic (exact) mass is 278 g/mol. The highest BCUT2D eigenvalue weighted by atomic mass is 35.5. The van der Waals surface area contributed by atoms with Gasteiger partial charge >= 0.3 is 0 Å². The predicted octanol–water partition coefficient (Wildman–Crippen LogP) is 3.38. The van der Waals surface area contributed by atoms with Crippen LogP contribution in [0.3, 0.4) is 0 Å². The molecule has 3 rings (SSSR count). The highest BCUT2D eigenvalue weighted by Crippen LogP contribution is 2.27. The minimum atomic E-state index is 0.620. The molecule has 0 radical (unpaired) electrons. The third-order valence-corrected chi connectivity index (χ3v) is 3.47. The fraction of sp³-hybridized carbons (Fsp3) is 0.167. The summed E-state index contributed by atoms with van der Waals surface area (Å²) in [6.07, 6.45) is 1.93. The van der Waals surface area contributed by atoms with Gasteiger partial charge in [-0.15, -0.1) is 0 Å². The molecule has 0 bridgehead atoms. The molecule has 0 amide bonds. The molecular formula is C12H11ClN4S. The zero-order valence-corrected chi connectivity index (χ0v) is 11.5. The van der Waals surface area contributed by atoms with Crippen molar-refractivity contribution in [2.45, 2.75) is 6.92 Å². The molecule has 0 unspecified atom stereocenters. The summed E-state index contributed by atoms with van der Waals surface area (Å²) in [5.74, 6) is 0. The molecule has 4 nitrogen and oxygen atoms in total. The molecule has 0 atom stereocenters. The van der Waals surface area contributed by atoms with Gasteiger partial charge in [0.1, 0.15) is 0 Å². The van der Waals surface area contributed by atoms with E-state index in [2.05, 4.69) is 10.1 Å². The van der Waals surface area contributed by atoms with Crippen LogP contribution < -0.4 is 0 Å². The molecule has 0 aliphatic rings. The highest BCUT2D eigenvalue weighted by Gasteiger charge is 2.13. The average Bonchev–Trinajstić information content (AvgIpc) is 2.79. The quantitative estimate of drug-likeness (QED) is 0.693. The molecule has 92 valence electrons. The van der Waals surface area contributed by atoms with E-state index in [-0.39, 0.29) is 0 Å². The second kappa shape index (κ2) is 3.96. The van der Waals surface area contributed by atoms with E-state index in [1.807, 2.05) is 42.9 Å². The molecule has 0 fully saturated rings. The first-order chi connectivity index (χ1) is 8.58. The van der Waals surface area contributed by atoms with Crippen LogP contribution >= 0.6 is 23.8 Å². The highest BCUT2D eigenvalue weighted by molar-refractivity contribution is 7.71. The summed E-state index contributed by atoms with van der Waals surface area (Å²) < 4.78 is 4.31. The molecule has 0 saturated carbocycles. The fourth-order valence-corrected chi connectivity index (χ4v) is 2.71. The lowest BCUT2D eigenvalue weighted by Gasteiger charge is -2.03. The summed E-state index contributed by atoms with van der Waals surface area (Å²) in [7, 11) is 1.89. The third kappa shape index (κ3) is 1.59. The Morgan fingerprint density at radius 3 is 2.83 bits per heavy atom. The standard InChI is InChI=1S/C12H11ClN4S/c1-7-10(6-16(2)15-7)17-11-8(13)4-3-5-9(11)14-12(17)18/h3-6H,1-2H3,(H,14,18). The summed E-state index contributed by atoms with van der Waals surface area (Å²) in [5.41, 5.74) is 3.67. The second-order valence-corrected chi connectivity index (χ2v) is 4.97. The van der Waals surface area contributed by atoms with E-state index >= 15 is 0 Å². The first-order valence-corrected chi connectivity index (χ1v) is 6.26. The number of halogens is 1. The van der Waals surface area contributed by atoms with E-state index in [0.29, 0.717) is 9.79 Å². The molecule has 1 N–H and O–H groups in total. The van der Waals surface area contributed by atoms with Crippen molar-refractivity contribution in [3.63, 3.8) is 0 Å². The van der Waals surface area contributed by atoms with Crippen LogP contribution in [0.2, 0.25) is 5.02 Å². The number of aromatic nitrogens is 4. The van der Waals surface area contributed by atoms with Gasteiger partial charge in [-0.1, -0.05) is 17.7 Å². The van der Waals surface area contributed by atoms with Gasteiger partial charge in [0.2, 0.25) is 0 Å². The summed E-state index contributed by atoms with van der Waals surface area (Å²) in [4.78, 5) is 3.16. The molecule has 6 heteroatoms. The molecule has 0 aliphatic heterocycles. The first kappa shape index (κ1) is 11.5. The summed E-state index contributed by atoms with van der Waals surface area (Å²) >= 11 is 11.6. The number of aryl methyl sites for hydroxylation is 2. The second-order valence-electron chi connectivity index (χ2n) is 4.17. The van der Waals surface area contributed by atoms with Crippen LogP contribution in [0.15, 0.2) is 24.4 Å². The maximum atomic E-state index is 6.27. The van der Waals surface area contributed by atoms with Gasteiger partial charge in [-0.25, -0.2) is 0 Å². The van der Waals surface area contributed by atoms with Gasteiger partial charge in [-0.2, -0.15) is 5.10 Å². The Morgan fingerprint density at radius 2 is 2.17 bits per heavy atom. The predicted molar refractivity (Wildman–Crippen MR) is 75.0 cm³/mol. The number of nitrogens with one attached hydrogen (secondary N) is 1. The molecule has 1 aromatic carbocycles. The Bertz CT molecular complexity index is 796. The maximum absolute atomic E-state index is 6.27. The van der Waals surface area contributed by atoms with Gasteiger partial charge in [0.25, 0.3) is 0 Å². The van der Waals surface area contributed by atoms with E-state index in [0.717, 1.165) is 22.4 Å². The lowest BCUT2D eigenvalue weighted by atomic mass is 10.3. The van der Waals surface area contributed by atoms with Crippen molar-refractivity contribution in [3.8, 4) is 5.69 Å².